The van der Waals surface area contributed by atoms with Gasteiger partial charge in [-0.25, -0.2) is 4.79 Å². The second kappa shape index (κ2) is 6.08. The minimum absolute atomic E-state index is 0.353. The van der Waals surface area contributed by atoms with Crippen molar-refractivity contribution in [3.8, 4) is 11.3 Å². The van der Waals surface area contributed by atoms with Crippen LogP contribution in [0, 0.1) is 0 Å². The molecule has 2 rings (SSSR count). The van der Waals surface area contributed by atoms with Crippen LogP contribution in [0.3, 0.4) is 0 Å². The first-order valence-electron chi connectivity index (χ1n) is 6.37. The molecule has 0 aliphatic rings. The number of hydrogen-bond donors (Lipinski definition) is 3. The summed E-state index contributed by atoms with van der Waals surface area (Å²) >= 11 is 0. The summed E-state index contributed by atoms with van der Waals surface area (Å²) in [5.41, 5.74) is 1.82. The standard InChI is InChI=1S/C14H16N4O3/c1-9(13(19)20)15-14(21)16-12-8-11(18(2)17-12)10-6-4-3-5-7-10/h3-9H,1-2H3,(H,19,20)(H2,15,16,17,21). The van der Waals surface area contributed by atoms with Gasteiger partial charge in [-0.05, 0) is 12.5 Å². The van der Waals surface area contributed by atoms with E-state index in [1.807, 2.05) is 30.3 Å². The van der Waals surface area contributed by atoms with Crippen molar-refractivity contribution in [1.29, 1.82) is 0 Å². The van der Waals surface area contributed by atoms with Gasteiger partial charge in [0.05, 0.1) is 5.69 Å². The smallest absolute Gasteiger partial charge is 0.325 e. The molecule has 1 aromatic carbocycles. The van der Waals surface area contributed by atoms with E-state index in [0.29, 0.717) is 5.82 Å². The van der Waals surface area contributed by atoms with E-state index in [0.717, 1.165) is 11.3 Å². The highest BCUT2D eigenvalue weighted by Gasteiger charge is 2.15. The van der Waals surface area contributed by atoms with Gasteiger partial charge in [0.1, 0.15) is 6.04 Å². The number of carbonyl (C=O) groups is 2. The molecule has 7 heteroatoms. The van der Waals surface area contributed by atoms with Crippen molar-refractivity contribution in [3.63, 3.8) is 0 Å². The highest BCUT2D eigenvalue weighted by molar-refractivity contribution is 5.91. The summed E-state index contributed by atoms with van der Waals surface area (Å²) in [7, 11) is 1.77. The molecule has 0 aliphatic carbocycles. The molecule has 110 valence electrons. The van der Waals surface area contributed by atoms with Gasteiger partial charge in [0.2, 0.25) is 0 Å². The van der Waals surface area contributed by atoms with E-state index in [1.165, 1.54) is 6.92 Å². The van der Waals surface area contributed by atoms with Gasteiger partial charge in [0.15, 0.2) is 5.82 Å². The zero-order chi connectivity index (χ0) is 15.4. The fourth-order valence-electron chi connectivity index (χ4n) is 1.82. The number of hydrogen-bond acceptors (Lipinski definition) is 3. The molecule has 7 nitrogen and oxygen atoms in total. The maximum Gasteiger partial charge on any atom is 0.325 e. The Morgan fingerprint density at radius 1 is 1.29 bits per heavy atom. The van der Waals surface area contributed by atoms with E-state index >= 15 is 0 Å². The Labute approximate surface area is 121 Å². The number of anilines is 1. The predicted octanol–water partition coefficient (Wildman–Crippen LogP) is 1.68. The lowest BCUT2D eigenvalue weighted by atomic mass is 10.1. The van der Waals surface area contributed by atoms with E-state index in [1.54, 1.807) is 17.8 Å². The summed E-state index contributed by atoms with van der Waals surface area (Å²) in [6.45, 7) is 1.38. The van der Waals surface area contributed by atoms with E-state index in [4.69, 9.17) is 5.11 Å². The van der Waals surface area contributed by atoms with Crippen LogP contribution in [0.25, 0.3) is 11.3 Å². The summed E-state index contributed by atoms with van der Waals surface area (Å²) in [6, 6.07) is 9.76. The van der Waals surface area contributed by atoms with Crippen LogP contribution >= 0.6 is 0 Å². The maximum atomic E-state index is 11.6. The Bertz CT molecular complexity index is 651. The van der Waals surface area contributed by atoms with Gasteiger partial charge in [-0.2, -0.15) is 5.10 Å². The molecule has 0 spiro atoms. The van der Waals surface area contributed by atoms with Crippen molar-refractivity contribution in [2.45, 2.75) is 13.0 Å². The Balaban J connectivity index is 2.09. The second-order valence-electron chi connectivity index (χ2n) is 4.56. The summed E-state index contributed by atoms with van der Waals surface area (Å²) in [5.74, 6) is -0.748. The fraction of sp³-hybridized carbons (Fsp3) is 0.214. The van der Waals surface area contributed by atoms with Gasteiger partial charge in [-0.15, -0.1) is 0 Å². The number of benzene rings is 1. The van der Waals surface area contributed by atoms with E-state index < -0.39 is 18.0 Å². The lowest BCUT2D eigenvalue weighted by Crippen LogP contribution is -2.40. The minimum atomic E-state index is -1.10. The molecule has 0 radical (unpaired) electrons. The van der Waals surface area contributed by atoms with Crippen molar-refractivity contribution < 1.29 is 14.7 Å². The van der Waals surface area contributed by atoms with Crippen molar-refractivity contribution in [1.82, 2.24) is 15.1 Å². The van der Waals surface area contributed by atoms with Gasteiger partial charge >= 0.3 is 12.0 Å². The molecular formula is C14H16N4O3. The zero-order valence-electron chi connectivity index (χ0n) is 11.7. The first-order valence-corrected chi connectivity index (χ1v) is 6.37. The summed E-state index contributed by atoms with van der Waals surface area (Å²) in [6.07, 6.45) is 0. The minimum Gasteiger partial charge on any atom is -0.480 e. The van der Waals surface area contributed by atoms with Crippen LogP contribution in [0.5, 0.6) is 0 Å². The van der Waals surface area contributed by atoms with Crippen LogP contribution in [0.1, 0.15) is 6.92 Å². The number of rotatable bonds is 4. The summed E-state index contributed by atoms with van der Waals surface area (Å²) in [5, 5.41) is 17.7. The first-order chi connectivity index (χ1) is 9.97. The van der Waals surface area contributed by atoms with Crippen LogP contribution in [0.15, 0.2) is 36.4 Å². The van der Waals surface area contributed by atoms with Crippen LogP contribution in [-0.2, 0) is 11.8 Å². The SMILES string of the molecule is CC(NC(=O)Nc1cc(-c2ccccc2)n(C)n1)C(=O)O. The molecule has 0 fully saturated rings. The number of nitrogens with zero attached hydrogens (tertiary/aromatic N) is 2. The number of urea groups is 1. The third kappa shape index (κ3) is 3.59. The number of carboxylic acid groups (broad SMARTS) is 1. The van der Waals surface area contributed by atoms with Gasteiger partial charge < -0.3 is 10.4 Å². The van der Waals surface area contributed by atoms with Crippen LogP contribution in [-0.4, -0.2) is 32.9 Å². The Morgan fingerprint density at radius 2 is 1.95 bits per heavy atom. The van der Waals surface area contributed by atoms with Crippen molar-refractivity contribution >= 4 is 17.8 Å². The molecule has 1 unspecified atom stereocenters. The number of aromatic nitrogens is 2. The molecule has 2 amide bonds. The van der Waals surface area contributed by atoms with Gasteiger partial charge in [-0.1, -0.05) is 30.3 Å². The number of carboxylic acids is 1. The molecule has 21 heavy (non-hydrogen) atoms. The Hall–Kier alpha value is -2.83. The normalized spacial score (nSPS) is 11.7. The molecule has 0 saturated carbocycles. The molecule has 1 aromatic heterocycles. The van der Waals surface area contributed by atoms with Gasteiger partial charge in [0.25, 0.3) is 0 Å². The van der Waals surface area contributed by atoms with E-state index in [9.17, 15) is 9.59 Å². The third-order valence-corrected chi connectivity index (χ3v) is 2.91. The predicted molar refractivity (Wildman–Crippen MR) is 77.9 cm³/mol. The van der Waals surface area contributed by atoms with Crippen LogP contribution in [0.2, 0.25) is 0 Å². The Kier molecular flexibility index (Phi) is 4.22. The lowest BCUT2D eigenvalue weighted by Gasteiger charge is -2.08. The number of amides is 2. The average Bonchev–Trinajstić information content (AvgIpc) is 2.80. The van der Waals surface area contributed by atoms with Gasteiger partial charge in [-0.3, -0.25) is 14.8 Å². The molecular weight excluding hydrogens is 272 g/mol. The molecule has 0 saturated heterocycles. The highest BCUT2D eigenvalue weighted by Crippen LogP contribution is 2.21. The van der Waals surface area contributed by atoms with Crippen LogP contribution < -0.4 is 10.6 Å². The lowest BCUT2D eigenvalue weighted by molar-refractivity contribution is -0.138. The molecule has 3 N–H and O–H groups in total. The average molecular weight is 288 g/mol. The number of nitrogens with one attached hydrogen (secondary N) is 2. The zero-order valence-corrected chi connectivity index (χ0v) is 11.7. The largest absolute Gasteiger partial charge is 0.480 e. The quantitative estimate of drug-likeness (QED) is 0.797. The highest BCUT2D eigenvalue weighted by atomic mass is 16.4. The van der Waals surface area contributed by atoms with Crippen molar-refractivity contribution in [2.24, 2.45) is 7.05 Å². The second-order valence-corrected chi connectivity index (χ2v) is 4.56. The number of carbonyl (C=O) groups excluding carboxylic acids is 1. The molecule has 0 bridgehead atoms. The third-order valence-electron chi connectivity index (χ3n) is 2.91. The van der Waals surface area contributed by atoms with E-state index in [2.05, 4.69) is 15.7 Å². The van der Waals surface area contributed by atoms with Crippen molar-refractivity contribution in [2.75, 3.05) is 5.32 Å². The van der Waals surface area contributed by atoms with Crippen LogP contribution in [0.4, 0.5) is 10.6 Å². The molecule has 0 aliphatic heterocycles. The molecule has 2 aromatic rings. The monoisotopic (exact) mass is 288 g/mol. The number of aliphatic carboxylic acids is 1. The maximum absolute atomic E-state index is 11.6. The first kappa shape index (κ1) is 14.6. The van der Waals surface area contributed by atoms with Crippen molar-refractivity contribution in [3.05, 3.63) is 36.4 Å². The van der Waals surface area contributed by atoms with Gasteiger partial charge in [0, 0.05) is 13.1 Å². The summed E-state index contributed by atoms with van der Waals surface area (Å²) < 4.78 is 1.64. The molecule has 1 heterocycles. The Morgan fingerprint density at radius 3 is 2.57 bits per heavy atom. The topological polar surface area (TPSA) is 96.3 Å². The van der Waals surface area contributed by atoms with E-state index in [-0.39, 0.29) is 0 Å². The fourth-order valence-corrected chi connectivity index (χ4v) is 1.82. The number of aryl methyl sites for hydroxylation is 1. The molecule has 1 atom stereocenters. The summed E-state index contributed by atoms with van der Waals surface area (Å²) in [4.78, 5) is 22.3.